The first-order valence-electron chi connectivity index (χ1n) is 18.1. The molecule has 0 aromatic rings. The number of aliphatic hydroxyl groups excluding tert-OH is 1. The van der Waals surface area contributed by atoms with Crippen LogP contribution in [0, 0.1) is 46.3 Å². The Hall–Kier alpha value is 0.314. The summed E-state index contributed by atoms with van der Waals surface area (Å²) in [5, 5.41) is 10.7. The molecule has 4 saturated carbocycles. The number of aliphatic hydroxyl groups is 1. The highest BCUT2D eigenvalue weighted by Crippen LogP contribution is 2.70. The van der Waals surface area contributed by atoms with Gasteiger partial charge in [-0.1, -0.05) is 75.7 Å². The molecule has 0 saturated heterocycles. The molecule has 4 aliphatic carbocycles. The highest BCUT2D eigenvalue weighted by Gasteiger charge is 2.66. The third-order valence-electron chi connectivity index (χ3n) is 15.0. The van der Waals surface area contributed by atoms with E-state index in [-0.39, 0.29) is 21.1 Å². The lowest BCUT2D eigenvalue weighted by Gasteiger charge is -2.66. The lowest BCUT2D eigenvalue weighted by molar-refractivity contribution is -0.188. The minimum absolute atomic E-state index is 0.0583. The summed E-state index contributed by atoms with van der Waals surface area (Å²) in [6.07, 6.45) is 13.1. The molecule has 10 atom stereocenters. The molecule has 42 heavy (non-hydrogen) atoms. The molecule has 0 bridgehead atoms. The fourth-order valence-corrected chi connectivity index (χ4v) is 13.7. The van der Waals surface area contributed by atoms with Crippen molar-refractivity contribution in [1.82, 2.24) is 0 Å². The first-order chi connectivity index (χ1) is 19.1. The normalized spacial score (nSPS) is 42.1. The third-order valence-corrected chi connectivity index (χ3v) is 24.1. The van der Waals surface area contributed by atoms with Crippen molar-refractivity contribution in [2.75, 3.05) is 6.61 Å². The van der Waals surface area contributed by atoms with Crippen LogP contribution in [0.1, 0.15) is 133 Å². The molecule has 0 aliphatic heterocycles. The molecule has 3 nitrogen and oxygen atoms in total. The minimum atomic E-state index is -1.95. The molecule has 4 aliphatic rings. The lowest BCUT2D eigenvalue weighted by atomic mass is 9.42. The minimum Gasteiger partial charge on any atom is -0.414 e. The van der Waals surface area contributed by atoms with Crippen molar-refractivity contribution in [3.05, 3.63) is 0 Å². The maximum absolute atomic E-state index is 10.3. The fraction of sp³-hybridized carbons (Fsp3) is 1.00. The van der Waals surface area contributed by atoms with Crippen LogP contribution >= 0.6 is 0 Å². The van der Waals surface area contributed by atoms with Gasteiger partial charge in [0.15, 0.2) is 16.6 Å². The van der Waals surface area contributed by atoms with Crippen molar-refractivity contribution in [3.63, 3.8) is 0 Å². The summed E-state index contributed by atoms with van der Waals surface area (Å²) >= 11 is 0. The Morgan fingerprint density at radius 1 is 0.833 bits per heavy atom. The van der Waals surface area contributed by atoms with Crippen LogP contribution in [0.5, 0.6) is 0 Å². The first-order valence-corrected chi connectivity index (χ1v) is 23.9. The molecule has 5 heteroatoms. The molecule has 0 heterocycles. The largest absolute Gasteiger partial charge is 0.414 e. The average Bonchev–Trinajstić information content (AvgIpc) is 3.18. The topological polar surface area (TPSA) is 38.7 Å². The van der Waals surface area contributed by atoms with Crippen LogP contribution in [0.15, 0.2) is 0 Å². The Morgan fingerprint density at radius 3 is 2.00 bits per heavy atom. The zero-order chi connectivity index (χ0) is 31.7. The summed E-state index contributed by atoms with van der Waals surface area (Å²) in [5.41, 5.74) is 0.667. The molecule has 1 N–H and O–H groups in total. The van der Waals surface area contributed by atoms with Gasteiger partial charge in [-0.25, -0.2) is 0 Å². The van der Waals surface area contributed by atoms with Gasteiger partial charge in [-0.05, 0) is 140 Å². The maximum Gasteiger partial charge on any atom is 0.192 e. The molecule has 0 aromatic carbocycles. The average molecular weight is 621 g/mol. The molecule has 0 radical (unpaired) electrons. The fourth-order valence-electron chi connectivity index (χ4n) is 10.7. The summed E-state index contributed by atoms with van der Waals surface area (Å²) in [7, 11) is -3.83. The van der Waals surface area contributed by atoms with Crippen LogP contribution in [0.25, 0.3) is 0 Å². The third kappa shape index (κ3) is 5.95. The number of hydrogen-bond acceptors (Lipinski definition) is 3. The summed E-state index contributed by atoms with van der Waals surface area (Å²) in [6, 6.07) is 0. The highest BCUT2D eigenvalue weighted by molar-refractivity contribution is 6.74. The van der Waals surface area contributed by atoms with Gasteiger partial charge >= 0.3 is 0 Å². The van der Waals surface area contributed by atoms with Crippen molar-refractivity contribution in [2.24, 2.45) is 46.3 Å². The van der Waals surface area contributed by atoms with Gasteiger partial charge in [0, 0.05) is 12.7 Å². The van der Waals surface area contributed by atoms with Gasteiger partial charge in [-0.3, -0.25) is 0 Å². The van der Waals surface area contributed by atoms with Crippen LogP contribution in [0.4, 0.5) is 0 Å². The summed E-state index contributed by atoms with van der Waals surface area (Å²) in [6.45, 7) is 34.7. The number of fused-ring (bicyclic) bond motifs is 5. The van der Waals surface area contributed by atoms with Crippen LogP contribution in [-0.2, 0) is 8.85 Å². The van der Waals surface area contributed by atoms with E-state index in [0.29, 0.717) is 35.9 Å². The Balaban J connectivity index is 1.72. The second-order valence-corrected chi connectivity index (χ2v) is 29.0. The standard InChI is InChI=1S/C37H72O3Si2/c1-15-20-37(40-42(13,14)34(6,7)8)22-21-35(9)27(23-37)16-17-28-30-19-18-29(26(2)25-38)36(30,10)24-31(32(28)35)39-41(11,12)33(3,4)5/h26-32,38H,15-25H2,1-14H3/t26?,27-,28+,29-,30+,31?,32-,35+,36-,37-/m1/s1. The van der Waals surface area contributed by atoms with Gasteiger partial charge in [0.2, 0.25) is 0 Å². The van der Waals surface area contributed by atoms with Crippen LogP contribution in [-0.4, -0.2) is 40.1 Å². The Kier molecular flexibility index (Phi) is 9.66. The summed E-state index contributed by atoms with van der Waals surface area (Å²) in [5.74, 6) is 3.92. The molecule has 4 rings (SSSR count). The van der Waals surface area contributed by atoms with Crippen molar-refractivity contribution >= 4 is 16.6 Å². The van der Waals surface area contributed by atoms with Gasteiger partial charge in [-0.2, -0.15) is 0 Å². The van der Waals surface area contributed by atoms with Gasteiger partial charge in [0.05, 0.1) is 5.60 Å². The van der Waals surface area contributed by atoms with Crippen LogP contribution in [0.3, 0.4) is 0 Å². The molecule has 4 fully saturated rings. The van der Waals surface area contributed by atoms with E-state index in [4.69, 9.17) is 8.85 Å². The van der Waals surface area contributed by atoms with E-state index < -0.39 is 16.6 Å². The van der Waals surface area contributed by atoms with E-state index in [2.05, 4.69) is 95.4 Å². The second-order valence-electron chi connectivity index (χ2n) is 19.5. The quantitative estimate of drug-likeness (QED) is 0.274. The van der Waals surface area contributed by atoms with Crippen LogP contribution < -0.4 is 0 Å². The molecule has 2 unspecified atom stereocenters. The van der Waals surface area contributed by atoms with Crippen molar-refractivity contribution in [2.45, 2.75) is 181 Å². The van der Waals surface area contributed by atoms with Gasteiger partial charge in [-0.15, -0.1) is 0 Å². The van der Waals surface area contributed by atoms with Gasteiger partial charge < -0.3 is 14.0 Å². The first kappa shape index (κ1) is 35.2. The van der Waals surface area contributed by atoms with Gasteiger partial charge in [0.25, 0.3) is 0 Å². The maximum atomic E-state index is 10.3. The smallest absolute Gasteiger partial charge is 0.192 e. The molecule has 0 aromatic heterocycles. The summed E-state index contributed by atoms with van der Waals surface area (Å²) in [4.78, 5) is 0. The van der Waals surface area contributed by atoms with Crippen molar-refractivity contribution in [3.8, 4) is 0 Å². The van der Waals surface area contributed by atoms with E-state index >= 15 is 0 Å². The molecular weight excluding hydrogens is 549 g/mol. The SMILES string of the molecule is CCC[C@@]1(O[Si](C)(C)C(C)(C)C)CC[C@@]2(C)[C@H](CC[C@H]3[C@@H]4CC[C@H](C(C)CO)[C@@]4(C)CC(O[Si](C)(C)C(C)(C)C)[C@@H]32)C1. The number of hydrogen-bond donors (Lipinski definition) is 1. The predicted molar refractivity (Wildman–Crippen MR) is 185 cm³/mol. The zero-order valence-corrected chi connectivity index (χ0v) is 32.6. The predicted octanol–water partition coefficient (Wildman–Crippen LogP) is 10.8. The Labute approximate surface area is 264 Å². The second kappa shape index (κ2) is 11.5. The van der Waals surface area contributed by atoms with Crippen LogP contribution in [0.2, 0.25) is 36.3 Å². The van der Waals surface area contributed by atoms with E-state index in [0.717, 1.165) is 17.8 Å². The lowest BCUT2D eigenvalue weighted by Crippen LogP contribution is -2.63. The van der Waals surface area contributed by atoms with Gasteiger partial charge in [0.1, 0.15) is 0 Å². The van der Waals surface area contributed by atoms with Crippen molar-refractivity contribution in [1.29, 1.82) is 0 Å². The van der Waals surface area contributed by atoms with E-state index in [1.54, 1.807) is 0 Å². The molecule has 246 valence electrons. The Morgan fingerprint density at radius 2 is 1.45 bits per heavy atom. The monoisotopic (exact) mass is 621 g/mol. The number of rotatable bonds is 8. The Bertz CT molecular complexity index is 950. The van der Waals surface area contributed by atoms with Crippen molar-refractivity contribution < 1.29 is 14.0 Å². The van der Waals surface area contributed by atoms with E-state index in [1.807, 2.05) is 0 Å². The molecule has 0 amide bonds. The molecular formula is C37H72O3Si2. The summed E-state index contributed by atoms with van der Waals surface area (Å²) < 4.78 is 15.1. The zero-order valence-electron chi connectivity index (χ0n) is 30.6. The highest BCUT2D eigenvalue weighted by atomic mass is 28.4. The van der Waals surface area contributed by atoms with E-state index in [1.165, 1.54) is 64.2 Å². The molecule has 0 spiro atoms. The van der Waals surface area contributed by atoms with E-state index in [9.17, 15) is 5.11 Å².